The Morgan fingerprint density at radius 2 is 1.92 bits per heavy atom. The quantitative estimate of drug-likeness (QED) is 0.717. The van der Waals surface area contributed by atoms with Crippen LogP contribution in [0, 0.1) is 12.8 Å². The largest absolute Gasteiger partial charge is 0.300 e. The summed E-state index contributed by atoms with van der Waals surface area (Å²) in [5.41, 5.74) is 1.94. The molecular weight excluding hydrogens is 360 g/mol. The molecule has 1 amide bonds. The van der Waals surface area contributed by atoms with Crippen LogP contribution in [-0.4, -0.2) is 24.5 Å². The molecule has 2 aromatic rings. The maximum Gasteiger partial charge on any atom is 0.270 e. The first-order valence-corrected chi connectivity index (χ1v) is 10.3. The summed E-state index contributed by atoms with van der Waals surface area (Å²) >= 11 is 0.833. The number of hydrogen-bond donors (Lipinski definition) is 2. The monoisotopic (exact) mass is 382 g/mol. The highest BCUT2D eigenvalue weighted by Gasteiger charge is 2.25. The molecule has 25 heavy (non-hydrogen) atoms. The van der Waals surface area contributed by atoms with Gasteiger partial charge in [-0.1, -0.05) is 56.4 Å². The van der Waals surface area contributed by atoms with Gasteiger partial charge in [0.2, 0.25) is 15.4 Å². The molecule has 1 aromatic heterocycles. The van der Waals surface area contributed by atoms with E-state index in [1.165, 1.54) is 0 Å². The summed E-state index contributed by atoms with van der Waals surface area (Å²) in [4.78, 5) is 11.7. The van der Waals surface area contributed by atoms with Crippen LogP contribution in [0.4, 0.5) is 5.13 Å². The molecule has 2 N–H and O–H groups in total. The van der Waals surface area contributed by atoms with E-state index in [-0.39, 0.29) is 27.3 Å². The van der Waals surface area contributed by atoms with Crippen molar-refractivity contribution in [1.29, 1.82) is 0 Å². The van der Waals surface area contributed by atoms with Crippen LogP contribution in [-0.2, 0) is 14.8 Å². The van der Waals surface area contributed by atoms with Crippen molar-refractivity contribution < 1.29 is 13.2 Å². The van der Waals surface area contributed by atoms with Crippen molar-refractivity contribution in [3.05, 3.63) is 35.4 Å². The topological polar surface area (TPSA) is 101 Å². The minimum atomic E-state index is -3.83. The molecule has 0 radical (unpaired) electrons. The number of hydrogen-bond acceptors (Lipinski definition) is 6. The summed E-state index contributed by atoms with van der Waals surface area (Å²) in [7, 11) is -3.83. The predicted octanol–water partition coefficient (Wildman–Crippen LogP) is 2.87. The van der Waals surface area contributed by atoms with E-state index in [4.69, 9.17) is 0 Å². The number of amides is 1. The van der Waals surface area contributed by atoms with Crippen molar-refractivity contribution in [3.63, 3.8) is 0 Å². The number of nitrogens with one attached hydrogen (secondary N) is 2. The van der Waals surface area contributed by atoms with Gasteiger partial charge in [-0.05, 0) is 24.5 Å². The summed E-state index contributed by atoms with van der Waals surface area (Å²) in [5.74, 6) is -0.466. The fourth-order valence-electron chi connectivity index (χ4n) is 2.20. The third-order valence-electron chi connectivity index (χ3n) is 3.66. The maximum absolute atomic E-state index is 12.6. The first-order valence-electron chi connectivity index (χ1n) is 7.96. The molecule has 0 aliphatic heterocycles. The van der Waals surface area contributed by atoms with Gasteiger partial charge < -0.3 is 5.32 Å². The Kier molecular flexibility index (Phi) is 6.26. The van der Waals surface area contributed by atoms with E-state index in [9.17, 15) is 13.2 Å². The highest BCUT2D eigenvalue weighted by molar-refractivity contribution is 7.91. The maximum atomic E-state index is 12.6. The Hall–Kier alpha value is -1.84. The van der Waals surface area contributed by atoms with Gasteiger partial charge in [0.25, 0.3) is 10.0 Å². The Balaban J connectivity index is 2.20. The number of aryl methyl sites for hydroxylation is 1. The molecule has 7 nitrogen and oxygen atoms in total. The summed E-state index contributed by atoms with van der Waals surface area (Å²) in [6.07, 6.45) is 0.597. The van der Waals surface area contributed by atoms with Gasteiger partial charge in [0.15, 0.2) is 0 Å². The van der Waals surface area contributed by atoms with Gasteiger partial charge in [-0.3, -0.25) is 4.79 Å². The van der Waals surface area contributed by atoms with Gasteiger partial charge in [-0.15, -0.1) is 10.2 Å². The molecule has 0 aliphatic carbocycles. The molecule has 1 atom stereocenters. The Bertz CT molecular complexity index is 847. The molecule has 0 unspecified atom stereocenters. The number of rotatable bonds is 7. The highest BCUT2D eigenvalue weighted by Crippen LogP contribution is 2.25. The summed E-state index contributed by atoms with van der Waals surface area (Å²) in [5, 5.41) is 10.2. The first-order chi connectivity index (χ1) is 11.7. The van der Waals surface area contributed by atoms with Gasteiger partial charge in [0.1, 0.15) is 0 Å². The van der Waals surface area contributed by atoms with Crippen LogP contribution in [0.25, 0.3) is 0 Å². The van der Waals surface area contributed by atoms with Gasteiger partial charge >= 0.3 is 0 Å². The molecular formula is C16H22N4O3S2. The van der Waals surface area contributed by atoms with E-state index < -0.39 is 10.0 Å². The van der Waals surface area contributed by atoms with Crippen molar-refractivity contribution in [2.45, 2.75) is 44.5 Å². The minimum Gasteiger partial charge on any atom is -0.300 e. The SMILES string of the molecule is CC[C@H](NS(=O)(=O)c1nnc(NC(=O)C(C)C)s1)c1ccccc1C. The summed E-state index contributed by atoms with van der Waals surface area (Å²) in [6.45, 7) is 7.33. The fourth-order valence-corrected chi connectivity index (χ4v) is 4.42. The minimum absolute atomic E-state index is 0.168. The van der Waals surface area contributed by atoms with Crippen LogP contribution in [0.15, 0.2) is 28.6 Å². The third kappa shape index (κ3) is 4.83. The highest BCUT2D eigenvalue weighted by atomic mass is 32.2. The van der Waals surface area contributed by atoms with Gasteiger partial charge in [0.05, 0.1) is 0 Å². The Morgan fingerprint density at radius 3 is 2.52 bits per heavy atom. The van der Waals surface area contributed by atoms with E-state index in [0.717, 1.165) is 22.5 Å². The van der Waals surface area contributed by atoms with Crippen LogP contribution >= 0.6 is 11.3 Å². The van der Waals surface area contributed by atoms with E-state index in [2.05, 4.69) is 20.2 Å². The molecule has 0 fully saturated rings. The smallest absolute Gasteiger partial charge is 0.270 e. The number of carbonyl (C=O) groups is 1. The molecule has 0 spiro atoms. The van der Waals surface area contributed by atoms with Crippen LogP contribution in [0.3, 0.4) is 0 Å². The van der Waals surface area contributed by atoms with Crippen LogP contribution in [0.5, 0.6) is 0 Å². The van der Waals surface area contributed by atoms with E-state index in [0.29, 0.717) is 6.42 Å². The number of aromatic nitrogens is 2. The van der Waals surface area contributed by atoms with E-state index in [1.54, 1.807) is 13.8 Å². The number of carbonyl (C=O) groups excluding carboxylic acids is 1. The molecule has 136 valence electrons. The fraction of sp³-hybridized carbons (Fsp3) is 0.438. The second-order valence-corrected chi connectivity index (χ2v) is 8.82. The number of nitrogens with zero attached hydrogens (tertiary/aromatic N) is 2. The molecule has 1 heterocycles. The van der Waals surface area contributed by atoms with Gasteiger partial charge in [0, 0.05) is 12.0 Å². The molecule has 0 bridgehead atoms. The van der Waals surface area contributed by atoms with Crippen molar-refractivity contribution >= 4 is 32.4 Å². The first kappa shape index (κ1) is 19.5. The molecule has 0 saturated heterocycles. The number of anilines is 1. The zero-order valence-corrected chi connectivity index (χ0v) is 16.2. The van der Waals surface area contributed by atoms with Crippen molar-refractivity contribution in [3.8, 4) is 0 Å². The molecule has 0 saturated carbocycles. The zero-order chi connectivity index (χ0) is 18.6. The summed E-state index contributed by atoms with van der Waals surface area (Å²) in [6, 6.07) is 7.28. The lowest BCUT2D eigenvalue weighted by Crippen LogP contribution is -2.28. The third-order valence-corrected chi connectivity index (χ3v) is 6.34. The van der Waals surface area contributed by atoms with Crippen molar-refractivity contribution in [2.75, 3.05) is 5.32 Å². The standard InChI is InChI=1S/C16H22N4O3S2/c1-5-13(12-9-7-6-8-11(12)4)20-25(22,23)16-19-18-15(24-16)17-14(21)10(2)3/h6-10,13,20H,5H2,1-4H3,(H,17,18,21)/t13-/m0/s1. The predicted molar refractivity (Wildman–Crippen MR) is 97.9 cm³/mol. The second-order valence-electron chi connectivity index (χ2n) is 5.96. The second kappa shape index (κ2) is 8.03. The molecule has 0 aliphatic rings. The van der Waals surface area contributed by atoms with Gasteiger partial charge in [-0.2, -0.15) is 0 Å². The van der Waals surface area contributed by atoms with Crippen LogP contribution < -0.4 is 10.0 Å². The lowest BCUT2D eigenvalue weighted by atomic mass is 10.0. The molecule has 1 aromatic carbocycles. The van der Waals surface area contributed by atoms with Crippen molar-refractivity contribution in [2.24, 2.45) is 5.92 Å². The van der Waals surface area contributed by atoms with Crippen LogP contribution in [0.2, 0.25) is 0 Å². The van der Waals surface area contributed by atoms with E-state index >= 15 is 0 Å². The average Bonchev–Trinajstić information content (AvgIpc) is 3.02. The number of benzene rings is 1. The van der Waals surface area contributed by atoms with Crippen LogP contribution in [0.1, 0.15) is 44.4 Å². The Labute approximate surface area is 151 Å². The molecule has 2 rings (SSSR count). The average molecular weight is 383 g/mol. The Morgan fingerprint density at radius 1 is 1.24 bits per heavy atom. The lowest BCUT2D eigenvalue weighted by molar-refractivity contribution is -0.118. The number of sulfonamides is 1. The lowest BCUT2D eigenvalue weighted by Gasteiger charge is -2.18. The molecule has 9 heteroatoms. The summed E-state index contributed by atoms with van der Waals surface area (Å²) < 4.78 is 27.7. The van der Waals surface area contributed by atoms with Gasteiger partial charge in [-0.25, -0.2) is 13.1 Å². The normalized spacial score (nSPS) is 13.0. The van der Waals surface area contributed by atoms with E-state index in [1.807, 2.05) is 38.1 Å². The zero-order valence-electron chi connectivity index (χ0n) is 14.6. The van der Waals surface area contributed by atoms with Crippen molar-refractivity contribution in [1.82, 2.24) is 14.9 Å².